The van der Waals surface area contributed by atoms with Gasteiger partial charge in [0.05, 0.1) is 0 Å². The summed E-state index contributed by atoms with van der Waals surface area (Å²) in [6, 6.07) is 0.772. The third kappa shape index (κ3) is 7.08. The maximum absolute atomic E-state index is 3.72. The van der Waals surface area contributed by atoms with E-state index in [1.807, 2.05) is 0 Å². The van der Waals surface area contributed by atoms with Crippen molar-refractivity contribution in [1.29, 1.82) is 0 Å². The highest BCUT2D eigenvalue weighted by Gasteiger charge is 2.16. The molecule has 0 aromatic carbocycles. The van der Waals surface area contributed by atoms with E-state index in [1.165, 1.54) is 71.1 Å². The van der Waals surface area contributed by atoms with E-state index in [9.17, 15) is 0 Å². The predicted molar refractivity (Wildman–Crippen MR) is 90.2 cm³/mol. The zero-order chi connectivity index (χ0) is 14.8. The van der Waals surface area contributed by atoms with E-state index >= 15 is 0 Å². The van der Waals surface area contributed by atoms with Gasteiger partial charge in [0, 0.05) is 25.7 Å². The van der Waals surface area contributed by atoms with Gasteiger partial charge < -0.3 is 5.32 Å². The van der Waals surface area contributed by atoms with Gasteiger partial charge in [-0.1, -0.05) is 47.0 Å². The van der Waals surface area contributed by atoms with E-state index in [0.29, 0.717) is 0 Å². The first-order valence-electron chi connectivity index (χ1n) is 9.12. The molecule has 0 radical (unpaired) electrons. The molecular formula is C18H38N2. The SMILES string of the molecule is CCC(CC)N(CCNCC1CCCCC1)CC(C)C. The summed E-state index contributed by atoms with van der Waals surface area (Å²) < 4.78 is 0. The molecule has 0 saturated heterocycles. The van der Waals surface area contributed by atoms with Crippen LogP contribution in [0.1, 0.15) is 72.6 Å². The lowest BCUT2D eigenvalue weighted by Gasteiger charge is -2.32. The van der Waals surface area contributed by atoms with Crippen molar-refractivity contribution in [2.45, 2.75) is 78.7 Å². The molecular weight excluding hydrogens is 244 g/mol. The lowest BCUT2D eigenvalue weighted by atomic mass is 9.89. The topological polar surface area (TPSA) is 15.3 Å². The number of hydrogen-bond acceptors (Lipinski definition) is 2. The molecule has 1 aliphatic carbocycles. The number of nitrogens with zero attached hydrogens (tertiary/aromatic N) is 1. The first kappa shape index (κ1) is 18.0. The average molecular weight is 283 g/mol. The summed E-state index contributed by atoms with van der Waals surface area (Å²) in [5.74, 6) is 1.73. The molecule has 0 spiro atoms. The normalized spacial score (nSPS) is 17.6. The molecule has 2 heteroatoms. The molecule has 0 unspecified atom stereocenters. The Hall–Kier alpha value is -0.0800. The monoisotopic (exact) mass is 282 g/mol. The van der Waals surface area contributed by atoms with Crippen molar-refractivity contribution in [3.8, 4) is 0 Å². The van der Waals surface area contributed by atoms with Crippen LogP contribution in [0.5, 0.6) is 0 Å². The molecule has 0 bridgehead atoms. The summed E-state index contributed by atoms with van der Waals surface area (Å²) in [4.78, 5) is 2.71. The quantitative estimate of drug-likeness (QED) is 0.601. The molecule has 2 nitrogen and oxygen atoms in total. The van der Waals surface area contributed by atoms with Crippen molar-refractivity contribution in [3.05, 3.63) is 0 Å². The second kappa shape index (κ2) is 10.6. The van der Waals surface area contributed by atoms with Gasteiger partial charge in [-0.2, -0.15) is 0 Å². The molecule has 0 aromatic rings. The molecule has 1 rings (SSSR count). The Morgan fingerprint density at radius 1 is 1.05 bits per heavy atom. The molecule has 0 heterocycles. The lowest BCUT2D eigenvalue weighted by molar-refractivity contribution is 0.165. The minimum atomic E-state index is 0.772. The summed E-state index contributed by atoms with van der Waals surface area (Å²) in [6.07, 6.45) is 9.86. The molecule has 1 fully saturated rings. The van der Waals surface area contributed by atoms with Gasteiger partial charge >= 0.3 is 0 Å². The summed E-state index contributed by atoms with van der Waals surface area (Å²) in [5.41, 5.74) is 0. The highest BCUT2D eigenvalue weighted by Crippen LogP contribution is 2.22. The highest BCUT2D eigenvalue weighted by atomic mass is 15.2. The van der Waals surface area contributed by atoms with Gasteiger partial charge in [-0.25, -0.2) is 0 Å². The van der Waals surface area contributed by atoms with E-state index in [1.54, 1.807) is 0 Å². The van der Waals surface area contributed by atoms with Crippen LogP contribution < -0.4 is 5.32 Å². The van der Waals surface area contributed by atoms with E-state index < -0.39 is 0 Å². The Kier molecular flexibility index (Phi) is 9.54. The first-order valence-corrected chi connectivity index (χ1v) is 9.12. The van der Waals surface area contributed by atoms with Gasteiger partial charge in [0.2, 0.25) is 0 Å². The van der Waals surface area contributed by atoms with Crippen molar-refractivity contribution in [2.24, 2.45) is 11.8 Å². The molecule has 1 aliphatic rings. The minimum absolute atomic E-state index is 0.772. The second-order valence-electron chi connectivity index (χ2n) is 7.07. The minimum Gasteiger partial charge on any atom is -0.315 e. The van der Waals surface area contributed by atoms with Gasteiger partial charge in [0.1, 0.15) is 0 Å². The fourth-order valence-electron chi connectivity index (χ4n) is 3.62. The Labute approximate surface area is 127 Å². The zero-order valence-electron chi connectivity index (χ0n) is 14.5. The highest BCUT2D eigenvalue weighted by molar-refractivity contribution is 4.73. The van der Waals surface area contributed by atoms with Crippen LogP contribution in [0.15, 0.2) is 0 Å². The summed E-state index contributed by atoms with van der Waals surface area (Å²) >= 11 is 0. The number of nitrogens with one attached hydrogen (secondary N) is 1. The van der Waals surface area contributed by atoms with Gasteiger partial charge in [-0.05, 0) is 44.1 Å². The Morgan fingerprint density at radius 3 is 2.25 bits per heavy atom. The molecule has 1 N–H and O–H groups in total. The molecule has 0 aliphatic heterocycles. The molecule has 120 valence electrons. The van der Waals surface area contributed by atoms with Crippen LogP contribution in [0.3, 0.4) is 0 Å². The van der Waals surface area contributed by atoms with Crippen molar-refractivity contribution in [3.63, 3.8) is 0 Å². The van der Waals surface area contributed by atoms with Crippen LogP contribution in [-0.2, 0) is 0 Å². The van der Waals surface area contributed by atoms with E-state index in [2.05, 4.69) is 37.9 Å². The van der Waals surface area contributed by atoms with E-state index in [-0.39, 0.29) is 0 Å². The zero-order valence-corrected chi connectivity index (χ0v) is 14.5. The average Bonchev–Trinajstić information content (AvgIpc) is 2.45. The third-order valence-corrected chi connectivity index (χ3v) is 4.79. The predicted octanol–water partition coefficient (Wildman–Crippen LogP) is 4.30. The molecule has 1 saturated carbocycles. The van der Waals surface area contributed by atoms with Gasteiger partial charge in [-0.3, -0.25) is 4.90 Å². The van der Waals surface area contributed by atoms with E-state index in [4.69, 9.17) is 0 Å². The van der Waals surface area contributed by atoms with Crippen molar-refractivity contribution in [2.75, 3.05) is 26.2 Å². The molecule has 20 heavy (non-hydrogen) atoms. The Morgan fingerprint density at radius 2 is 1.70 bits per heavy atom. The van der Waals surface area contributed by atoms with Crippen LogP contribution in [0, 0.1) is 11.8 Å². The van der Waals surface area contributed by atoms with Crippen molar-refractivity contribution < 1.29 is 0 Å². The third-order valence-electron chi connectivity index (χ3n) is 4.79. The number of hydrogen-bond donors (Lipinski definition) is 1. The van der Waals surface area contributed by atoms with Gasteiger partial charge in [0.25, 0.3) is 0 Å². The van der Waals surface area contributed by atoms with Crippen LogP contribution in [0.4, 0.5) is 0 Å². The van der Waals surface area contributed by atoms with E-state index in [0.717, 1.165) is 17.9 Å². The van der Waals surface area contributed by atoms with Crippen LogP contribution in [0.25, 0.3) is 0 Å². The van der Waals surface area contributed by atoms with Crippen LogP contribution in [0.2, 0.25) is 0 Å². The largest absolute Gasteiger partial charge is 0.315 e. The standard InChI is InChI=1S/C18H38N2/c1-5-18(6-2)20(15-16(3)4)13-12-19-14-17-10-8-7-9-11-17/h16-19H,5-15H2,1-4H3. The Bertz CT molecular complexity index is 217. The number of rotatable bonds is 10. The van der Waals surface area contributed by atoms with Crippen molar-refractivity contribution in [1.82, 2.24) is 10.2 Å². The maximum atomic E-state index is 3.72. The fourth-order valence-corrected chi connectivity index (χ4v) is 3.62. The molecule has 0 aromatic heterocycles. The molecule has 0 amide bonds. The van der Waals surface area contributed by atoms with Crippen molar-refractivity contribution >= 4 is 0 Å². The summed E-state index contributed by atoms with van der Waals surface area (Å²) in [6.45, 7) is 14.2. The van der Waals surface area contributed by atoms with Crippen LogP contribution in [-0.4, -0.2) is 37.1 Å². The fraction of sp³-hybridized carbons (Fsp3) is 1.00. The van der Waals surface area contributed by atoms with Gasteiger partial charge in [-0.15, -0.1) is 0 Å². The first-order chi connectivity index (χ1) is 9.67. The molecule has 0 atom stereocenters. The maximum Gasteiger partial charge on any atom is 0.0110 e. The summed E-state index contributed by atoms with van der Waals surface area (Å²) in [5, 5.41) is 3.72. The van der Waals surface area contributed by atoms with Gasteiger partial charge in [0.15, 0.2) is 0 Å². The smallest absolute Gasteiger partial charge is 0.0110 e. The Balaban J connectivity index is 2.22. The van der Waals surface area contributed by atoms with Crippen LogP contribution >= 0.6 is 0 Å². The summed E-state index contributed by atoms with van der Waals surface area (Å²) in [7, 11) is 0. The second-order valence-corrected chi connectivity index (χ2v) is 7.07. The lowest BCUT2D eigenvalue weighted by Crippen LogP contribution is -2.42.